The molecule has 0 saturated heterocycles. The summed E-state index contributed by atoms with van der Waals surface area (Å²) in [6, 6.07) is 8.13. The summed E-state index contributed by atoms with van der Waals surface area (Å²) in [7, 11) is 0. The van der Waals surface area contributed by atoms with Crippen LogP contribution < -0.4 is 5.32 Å². The zero-order valence-electron chi connectivity index (χ0n) is 11.6. The zero-order chi connectivity index (χ0) is 13.8. The van der Waals surface area contributed by atoms with Crippen molar-refractivity contribution in [1.82, 2.24) is 10.5 Å². The summed E-state index contributed by atoms with van der Waals surface area (Å²) in [4.78, 5) is 0. The molecule has 4 nitrogen and oxygen atoms in total. The van der Waals surface area contributed by atoms with Crippen LogP contribution in [0.2, 0.25) is 0 Å². The highest BCUT2D eigenvalue weighted by Crippen LogP contribution is 2.21. The maximum atomic E-state index is 9.00. The lowest BCUT2D eigenvalue weighted by atomic mass is 10.1. The molecule has 0 spiro atoms. The normalized spacial score (nSPS) is 12.6. The number of benzene rings is 1. The average molecular weight is 260 g/mol. The molecule has 1 aromatic carbocycles. The molecule has 0 aliphatic heterocycles. The molecule has 0 bridgehead atoms. The highest BCUT2D eigenvalue weighted by atomic mass is 16.5. The molecule has 1 heterocycles. The summed E-state index contributed by atoms with van der Waals surface area (Å²) in [6.07, 6.45) is 0. The summed E-state index contributed by atoms with van der Waals surface area (Å²) in [6.45, 7) is 6.86. The van der Waals surface area contributed by atoms with Crippen LogP contribution in [0.5, 0.6) is 0 Å². The van der Waals surface area contributed by atoms with Gasteiger partial charge < -0.3 is 14.9 Å². The van der Waals surface area contributed by atoms with Crippen LogP contribution in [0.1, 0.15) is 41.1 Å². The molecule has 0 aliphatic rings. The number of hydrogen-bond donors (Lipinski definition) is 2. The van der Waals surface area contributed by atoms with Crippen LogP contribution in [-0.2, 0) is 13.2 Å². The Labute approximate surface area is 113 Å². The smallest absolute Gasteiger partial charge is 0.138 e. The second kappa shape index (κ2) is 5.99. The van der Waals surface area contributed by atoms with E-state index in [1.807, 2.05) is 38.1 Å². The van der Waals surface area contributed by atoms with Gasteiger partial charge in [0.2, 0.25) is 0 Å². The van der Waals surface area contributed by atoms with Crippen LogP contribution in [-0.4, -0.2) is 10.3 Å². The van der Waals surface area contributed by atoms with Gasteiger partial charge in [-0.25, -0.2) is 0 Å². The first kappa shape index (κ1) is 13.8. The molecule has 0 amide bonds. The monoisotopic (exact) mass is 260 g/mol. The van der Waals surface area contributed by atoms with E-state index in [-0.39, 0.29) is 12.6 Å². The number of aromatic nitrogens is 1. The predicted molar refractivity (Wildman–Crippen MR) is 73.6 cm³/mol. The Hall–Kier alpha value is -1.65. The maximum Gasteiger partial charge on any atom is 0.138 e. The third-order valence-corrected chi connectivity index (χ3v) is 3.34. The molecule has 1 aromatic heterocycles. The van der Waals surface area contributed by atoms with E-state index < -0.39 is 0 Å². The fourth-order valence-corrected chi connectivity index (χ4v) is 2.24. The molecule has 2 N–H and O–H groups in total. The lowest BCUT2D eigenvalue weighted by Crippen LogP contribution is -2.19. The van der Waals surface area contributed by atoms with Gasteiger partial charge in [-0.1, -0.05) is 29.4 Å². The van der Waals surface area contributed by atoms with Gasteiger partial charge in [-0.15, -0.1) is 0 Å². The third kappa shape index (κ3) is 3.22. The molecule has 2 aromatic rings. The van der Waals surface area contributed by atoms with Gasteiger partial charge in [0.05, 0.1) is 12.3 Å². The van der Waals surface area contributed by atoms with Crippen LogP contribution >= 0.6 is 0 Å². The van der Waals surface area contributed by atoms with E-state index in [4.69, 9.17) is 9.63 Å². The Bertz CT molecular complexity index is 512. The van der Waals surface area contributed by atoms with Gasteiger partial charge in [-0.2, -0.15) is 0 Å². The van der Waals surface area contributed by atoms with Crippen molar-refractivity contribution in [3.8, 4) is 0 Å². The molecule has 102 valence electrons. The average Bonchev–Trinajstić information content (AvgIpc) is 2.76. The number of nitrogens with zero attached hydrogens (tertiary/aromatic N) is 1. The third-order valence-electron chi connectivity index (χ3n) is 3.34. The molecule has 4 heteroatoms. The Morgan fingerprint density at radius 1 is 1.21 bits per heavy atom. The van der Waals surface area contributed by atoms with Crippen LogP contribution in [0.4, 0.5) is 0 Å². The molecule has 0 aliphatic carbocycles. The topological polar surface area (TPSA) is 58.3 Å². The highest BCUT2D eigenvalue weighted by molar-refractivity contribution is 5.25. The van der Waals surface area contributed by atoms with Crippen LogP contribution in [0.3, 0.4) is 0 Å². The summed E-state index contributed by atoms with van der Waals surface area (Å²) in [5.41, 5.74) is 4.19. The number of aryl methyl sites for hydroxylation is 2. The minimum atomic E-state index is 0.0865. The first-order valence-electron chi connectivity index (χ1n) is 6.46. The van der Waals surface area contributed by atoms with E-state index >= 15 is 0 Å². The highest BCUT2D eigenvalue weighted by Gasteiger charge is 2.15. The zero-order valence-corrected chi connectivity index (χ0v) is 11.6. The molecule has 0 saturated carbocycles. The summed E-state index contributed by atoms with van der Waals surface area (Å²) < 4.78 is 5.18. The molecular formula is C15H20N2O2. The van der Waals surface area contributed by atoms with Crippen molar-refractivity contribution in [2.24, 2.45) is 0 Å². The Balaban J connectivity index is 1.98. The number of rotatable bonds is 5. The second-order valence-corrected chi connectivity index (χ2v) is 4.82. The van der Waals surface area contributed by atoms with E-state index in [0.29, 0.717) is 0 Å². The molecule has 1 atom stereocenters. The summed E-state index contributed by atoms with van der Waals surface area (Å²) >= 11 is 0. The van der Waals surface area contributed by atoms with Gasteiger partial charge in [0, 0.05) is 18.2 Å². The van der Waals surface area contributed by atoms with Crippen LogP contribution in [0.15, 0.2) is 28.8 Å². The van der Waals surface area contributed by atoms with Crippen molar-refractivity contribution in [3.05, 3.63) is 52.4 Å². The summed E-state index contributed by atoms with van der Waals surface area (Å²) in [5.74, 6) is 0.869. The van der Waals surface area contributed by atoms with Crippen molar-refractivity contribution in [2.45, 2.75) is 40.0 Å². The van der Waals surface area contributed by atoms with Crippen molar-refractivity contribution in [1.29, 1.82) is 0 Å². The number of aliphatic hydroxyl groups is 1. The summed E-state index contributed by atoms with van der Waals surface area (Å²) in [5, 5.41) is 16.4. The van der Waals surface area contributed by atoms with Crippen LogP contribution in [0, 0.1) is 13.8 Å². The fraction of sp³-hybridized carbons (Fsp3) is 0.400. The van der Waals surface area contributed by atoms with Gasteiger partial charge in [0.1, 0.15) is 5.76 Å². The van der Waals surface area contributed by atoms with E-state index in [2.05, 4.69) is 17.4 Å². The van der Waals surface area contributed by atoms with E-state index in [1.165, 1.54) is 5.56 Å². The van der Waals surface area contributed by atoms with Gasteiger partial charge >= 0.3 is 0 Å². The quantitative estimate of drug-likeness (QED) is 0.867. The molecule has 19 heavy (non-hydrogen) atoms. The van der Waals surface area contributed by atoms with Crippen LogP contribution in [0.25, 0.3) is 0 Å². The standard InChI is InChI=1S/C15H20N2O2/c1-10(15-11(2)17-19-12(15)3)16-8-13-4-6-14(9-18)7-5-13/h4-7,10,16,18H,8-9H2,1-3H3. The lowest BCUT2D eigenvalue weighted by Gasteiger charge is -2.13. The predicted octanol–water partition coefficient (Wildman–Crippen LogP) is 2.63. The number of hydrogen-bond acceptors (Lipinski definition) is 4. The maximum absolute atomic E-state index is 9.00. The minimum absolute atomic E-state index is 0.0865. The SMILES string of the molecule is Cc1noc(C)c1C(C)NCc1ccc(CO)cc1. The van der Waals surface area contributed by atoms with E-state index in [0.717, 1.165) is 29.1 Å². The number of nitrogens with one attached hydrogen (secondary N) is 1. The lowest BCUT2D eigenvalue weighted by molar-refractivity contribution is 0.282. The first-order valence-corrected chi connectivity index (χ1v) is 6.46. The van der Waals surface area contributed by atoms with Crippen molar-refractivity contribution >= 4 is 0 Å². The van der Waals surface area contributed by atoms with Crippen molar-refractivity contribution in [2.75, 3.05) is 0 Å². The Morgan fingerprint density at radius 3 is 2.37 bits per heavy atom. The second-order valence-electron chi connectivity index (χ2n) is 4.82. The largest absolute Gasteiger partial charge is 0.392 e. The minimum Gasteiger partial charge on any atom is -0.392 e. The molecule has 0 fully saturated rings. The van der Waals surface area contributed by atoms with E-state index in [1.54, 1.807) is 0 Å². The van der Waals surface area contributed by atoms with Gasteiger partial charge in [-0.05, 0) is 31.9 Å². The van der Waals surface area contributed by atoms with Crippen molar-refractivity contribution in [3.63, 3.8) is 0 Å². The molecular weight excluding hydrogens is 240 g/mol. The van der Waals surface area contributed by atoms with Crippen molar-refractivity contribution < 1.29 is 9.63 Å². The number of aliphatic hydroxyl groups excluding tert-OH is 1. The first-order chi connectivity index (χ1) is 9.11. The van der Waals surface area contributed by atoms with E-state index in [9.17, 15) is 0 Å². The molecule has 1 unspecified atom stereocenters. The Kier molecular flexibility index (Phi) is 4.35. The van der Waals surface area contributed by atoms with Gasteiger partial charge in [0.15, 0.2) is 0 Å². The van der Waals surface area contributed by atoms with Gasteiger partial charge in [-0.3, -0.25) is 0 Å². The molecule has 2 rings (SSSR count). The fourth-order valence-electron chi connectivity index (χ4n) is 2.24. The Morgan fingerprint density at radius 2 is 1.84 bits per heavy atom. The van der Waals surface area contributed by atoms with Gasteiger partial charge in [0.25, 0.3) is 0 Å². The molecule has 0 radical (unpaired) electrons.